The number of hydrogen-bond acceptors (Lipinski definition) is 14. The van der Waals surface area contributed by atoms with Gasteiger partial charge in [0.25, 0.3) is 23.6 Å². The van der Waals surface area contributed by atoms with Gasteiger partial charge in [0.05, 0.1) is 35.3 Å². The van der Waals surface area contributed by atoms with Crippen molar-refractivity contribution in [2.75, 3.05) is 49.2 Å². The minimum Gasteiger partial charge on any atom is -0.460 e. The van der Waals surface area contributed by atoms with Gasteiger partial charge in [-0.25, -0.2) is 9.59 Å². The van der Waals surface area contributed by atoms with Gasteiger partial charge in [-0.05, 0) is 125 Å². The average Bonchev–Trinajstić information content (AvgIpc) is 0.673. The number of esters is 2. The fraction of sp³-hybridized carbons (Fsp3) is 0.128. The zero-order chi connectivity index (χ0) is 68.8. The van der Waals surface area contributed by atoms with Crippen LogP contribution in [0.5, 0.6) is 46.0 Å². The fourth-order valence-electron chi connectivity index (χ4n) is 12.2. The van der Waals surface area contributed by atoms with Crippen molar-refractivity contribution in [1.29, 1.82) is 0 Å². The zero-order valence-corrected chi connectivity index (χ0v) is 54.7. The highest BCUT2D eigenvalue weighted by Gasteiger charge is 2.43. The maximum Gasteiger partial charge on any atom is 0.349 e. The number of anilines is 2. The summed E-state index contributed by atoms with van der Waals surface area (Å²) in [5, 5.41) is 0.895. The van der Waals surface area contributed by atoms with Crippen LogP contribution in [0.4, 0.5) is 11.4 Å². The normalized spacial score (nSPS) is 12.5. The number of para-hydroxylation sites is 2. The third-order valence-electron chi connectivity index (χ3n) is 16.9. The van der Waals surface area contributed by atoms with Crippen molar-refractivity contribution < 1.29 is 66.8 Å². The van der Waals surface area contributed by atoms with E-state index in [1.807, 2.05) is 76.2 Å². The van der Waals surface area contributed by atoms with Crippen LogP contribution in [0.3, 0.4) is 0 Å². The summed E-state index contributed by atoms with van der Waals surface area (Å²) >= 11 is 11.7. The van der Waals surface area contributed by atoms with Gasteiger partial charge in [-0.3, -0.25) is 38.6 Å². The SMILES string of the molecule is C=C(Cl)C(=O)OCCN(C(=O)CN1C(=O)c2cc(Oc3ccc(C)cc3)c3c4c(Oc5ccc(C)cc5)cc5c6c(cc(Oc7ccc(C)cc7)c(c7c(Oc8ccc(C)cc8)cc(c2c37)C1=O)c64)C(=O)N(CC(=O)N(CCOC(=O)C(=C)Cl)c1ccccc1)C5=O)c1ccccc1. The monoisotopic (exact) mass is 1340 g/mol. The van der Waals surface area contributed by atoms with Crippen molar-refractivity contribution in [3.8, 4) is 46.0 Å². The van der Waals surface area contributed by atoms with Gasteiger partial charge in [-0.1, -0.05) is 144 Å². The molecule has 2 heterocycles. The van der Waals surface area contributed by atoms with Crippen LogP contribution in [0.1, 0.15) is 63.7 Å². The molecular weight excluding hydrogens is 1290 g/mol. The Balaban J connectivity index is 1.10. The minimum absolute atomic E-state index is 0.0301. The van der Waals surface area contributed by atoms with Crippen LogP contribution in [0.2, 0.25) is 0 Å². The summed E-state index contributed by atoms with van der Waals surface area (Å²) in [6.45, 7) is 11.8. The second-order valence-electron chi connectivity index (χ2n) is 23.6. The van der Waals surface area contributed by atoms with E-state index < -0.39 is 60.5 Å². The molecule has 11 aromatic carbocycles. The Morgan fingerprint density at radius 2 is 0.622 bits per heavy atom. The summed E-state index contributed by atoms with van der Waals surface area (Å²) < 4.78 is 38.9. The molecule has 0 spiro atoms. The Hall–Kier alpha value is -11.9. The molecular formula is C78H58Cl2N4O14. The van der Waals surface area contributed by atoms with E-state index in [9.17, 15) is 19.2 Å². The van der Waals surface area contributed by atoms with E-state index in [1.54, 1.807) is 109 Å². The molecule has 0 saturated carbocycles. The largest absolute Gasteiger partial charge is 0.460 e. The number of imide groups is 2. The highest BCUT2D eigenvalue weighted by atomic mass is 35.5. The lowest BCUT2D eigenvalue weighted by Crippen LogP contribution is -2.48. The Kier molecular flexibility index (Phi) is 17.7. The molecule has 488 valence electrons. The summed E-state index contributed by atoms with van der Waals surface area (Å²) in [4.78, 5) is 123. The van der Waals surface area contributed by atoms with Crippen molar-refractivity contribution in [1.82, 2.24) is 9.80 Å². The number of carbonyl (C=O) groups excluding carboxylic acids is 8. The molecule has 18 nitrogen and oxygen atoms in total. The molecule has 0 aliphatic carbocycles. The molecule has 0 saturated heterocycles. The van der Waals surface area contributed by atoms with E-state index >= 15 is 19.2 Å². The Morgan fingerprint density at radius 3 is 0.867 bits per heavy atom. The molecule has 0 N–H and O–H groups in total. The van der Waals surface area contributed by atoms with Gasteiger partial charge in [0.15, 0.2) is 0 Å². The fourth-order valence-corrected chi connectivity index (χ4v) is 12.3. The van der Waals surface area contributed by atoms with Gasteiger partial charge in [0.2, 0.25) is 11.8 Å². The van der Waals surface area contributed by atoms with E-state index in [0.717, 1.165) is 32.1 Å². The van der Waals surface area contributed by atoms with Crippen molar-refractivity contribution in [3.63, 3.8) is 0 Å². The number of hydrogen-bond donors (Lipinski definition) is 0. The van der Waals surface area contributed by atoms with Crippen molar-refractivity contribution in [2.45, 2.75) is 27.7 Å². The zero-order valence-electron chi connectivity index (χ0n) is 53.2. The Morgan fingerprint density at radius 1 is 0.367 bits per heavy atom. The molecule has 6 amide bonds. The van der Waals surface area contributed by atoms with Crippen molar-refractivity contribution >= 4 is 125 Å². The molecule has 0 fully saturated rings. The van der Waals surface area contributed by atoms with Gasteiger partial charge < -0.3 is 38.2 Å². The molecule has 20 heteroatoms. The number of aryl methyl sites for hydroxylation is 4. The van der Waals surface area contributed by atoms with Gasteiger partial charge in [-0.15, -0.1) is 0 Å². The summed E-state index contributed by atoms with van der Waals surface area (Å²) in [6, 6.07) is 51.6. The number of ether oxygens (including phenoxy) is 6. The van der Waals surface area contributed by atoms with Gasteiger partial charge >= 0.3 is 11.9 Å². The van der Waals surface area contributed by atoms with Gasteiger partial charge in [0.1, 0.15) is 82.4 Å². The minimum atomic E-state index is -0.900. The molecule has 0 bridgehead atoms. The second-order valence-corrected chi connectivity index (χ2v) is 24.5. The van der Waals surface area contributed by atoms with E-state index in [0.29, 0.717) is 34.4 Å². The smallest absolute Gasteiger partial charge is 0.349 e. The quantitative estimate of drug-likeness (QED) is 0.0204. The molecule has 2 aliphatic rings. The lowest BCUT2D eigenvalue weighted by atomic mass is 9.80. The van der Waals surface area contributed by atoms with Crippen LogP contribution in [0.15, 0.2) is 205 Å². The van der Waals surface area contributed by atoms with Crippen LogP contribution in [0.25, 0.3) is 43.1 Å². The predicted octanol–water partition coefficient (Wildman–Crippen LogP) is 16.0. The number of fused-ring (bicyclic) bond motifs is 2. The summed E-state index contributed by atoms with van der Waals surface area (Å²) in [6.07, 6.45) is 0. The number of benzene rings is 11. The Labute approximate surface area is 571 Å². The molecule has 13 rings (SSSR count). The molecule has 0 unspecified atom stereocenters. The average molecular weight is 1350 g/mol. The third kappa shape index (κ3) is 12.4. The lowest BCUT2D eigenvalue weighted by Gasteiger charge is -2.33. The standard InChI is InChI=1S/C78H58Cl2N4O14/c1-43-17-25-51(26-18-43)95-59-37-55-65-56(74(88)83(73(55)87)41-63(85)81(49-13-9-7-10-14-49)33-35-93-77(91)47(5)79)39-61(97-53-29-21-45(3)22-30-53)69-70-62(98-54-31-23-46(4)24-32-54)40-58-66-57(38-60(68(72(66)70)67(59)71(65)69)96-52-27-19-44(2)20-28-52)75(89)84(76(58)90)42-64(86)82(50-15-11-8-12-16-50)34-36-94-78(92)48(6)80/h7-32,37-40H,5-6,33-36,41-42H2,1-4H3. The topological polar surface area (TPSA) is 205 Å². The van der Waals surface area contributed by atoms with E-state index in [1.165, 1.54) is 34.1 Å². The second kappa shape index (κ2) is 26.7. The first-order valence-corrected chi connectivity index (χ1v) is 31.8. The number of carbonyl (C=O) groups is 8. The van der Waals surface area contributed by atoms with E-state index in [-0.39, 0.29) is 125 Å². The molecule has 0 aromatic heterocycles. The van der Waals surface area contributed by atoms with Crippen LogP contribution < -0.4 is 28.7 Å². The highest BCUT2D eigenvalue weighted by Crippen LogP contribution is 2.58. The summed E-state index contributed by atoms with van der Waals surface area (Å²) in [7, 11) is 0. The van der Waals surface area contributed by atoms with Crippen LogP contribution in [-0.4, -0.2) is 96.6 Å². The molecule has 2 aliphatic heterocycles. The number of rotatable bonds is 22. The lowest BCUT2D eigenvalue weighted by molar-refractivity contribution is -0.139. The maximum absolute atomic E-state index is 15.9. The summed E-state index contributed by atoms with van der Waals surface area (Å²) in [5.41, 5.74) is 4.09. The van der Waals surface area contributed by atoms with E-state index in [4.69, 9.17) is 51.6 Å². The van der Waals surface area contributed by atoms with Crippen LogP contribution >= 0.6 is 23.2 Å². The maximum atomic E-state index is 15.9. The van der Waals surface area contributed by atoms with Gasteiger partial charge in [-0.2, -0.15) is 0 Å². The highest BCUT2D eigenvalue weighted by molar-refractivity contribution is 6.45. The first-order valence-electron chi connectivity index (χ1n) is 31.0. The number of amides is 6. The third-order valence-corrected chi connectivity index (χ3v) is 17.2. The first-order chi connectivity index (χ1) is 47.2. The summed E-state index contributed by atoms with van der Waals surface area (Å²) in [5.74, 6) is -5.40. The van der Waals surface area contributed by atoms with Crippen LogP contribution in [0, 0.1) is 27.7 Å². The molecule has 11 aromatic rings. The predicted molar refractivity (Wildman–Crippen MR) is 373 cm³/mol. The number of halogens is 2. The molecule has 0 atom stereocenters. The number of nitrogens with zero attached hydrogens (tertiary/aromatic N) is 4. The first kappa shape index (κ1) is 64.8. The van der Waals surface area contributed by atoms with Crippen molar-refractivity contribution in [3.05, 3.63) is 250 Å². The Bertz CT molecular complexity index is 4600. The molecule has 0 radical (unpaired) electrons. The van der Waals surface area contributed by atoms with Gasteiger partial charge in [0, 0.05) is 54.5 Å². The van der Waals surface area contributed by atoms with Crippen molar-refractivity contribution in [2.24, 2.45) is 0 Å². The molecule has 98 heavy (non-hydrogen) atoms. The van der Waals surface area contributed by atoms with Crippen LogP contribution in [-0.2, 0) is 28.7 Å². The van der Waals surface area contributed by atoms with E-state index in [2.05, 4.69) is 13.2 Å².